The zero-order valence-electron chi connectivity index (χ0n) is 25.0. The highest BCUT2D eigenvalue weighted by Gasteiger charge is 2.39. The van der Waals surface area contributed by atoms with Gasteiger partial charge in [-0.05, 0) is 86.1 Å². The van der Waals surface area contributed by atoms with Crippen molar-refractivity contribution in [1.29, 1.82) is 0 Å². The molecular formula is C43H33N. The predicted molar refractivity (Wildman–Crippen MR) is 187 cm³/mol. The summed E-state index contributed by atoms with van der Waals surface area (Å²) < 4.78 is 0. The SMILES string of the molecule is CC1(C)c2cc3ccccc3cc2-c2cccc(N(c3ccccc3)c3ccccc3-c3ccccc3-c3ccccc3)c21. The smallest absolute Gasteiger partial charge is 0.0540 e. The third kappa shape index (κ3) is 4.16. The Balaban J connectivity index is 1.39. The third-order valence-corrected chi connectivity index (χ3v) is 9.22. The Morgan fingerprint density at radius 3 is 1.70 bits per heavy atom. The van der Waals surface area contributed by atoms with E-state index in [2.05, 4.69) is 183 Å². The van der Waals surface area contributed by atoms with Crippen LogP contribution in [0.1, 0.15) is 25.0 Å². The maximum atomic E-state index is 2.48. The van der Waals surface area contributed by atoms with Crippen LogP contribution in [0, 0.1) is 0 Å². The van der Waals surface area contributed by atoms with Crippen LogP contribution in [0.4, 0.5) is 17.1 Å². The molecule has 0 N–H and O–H groups in total. The topological polar surface area (TPSA) is 3.24 Å². The molecule has 0 fully saturated rings. The van der Waals surface area contributed by atoms with Gasteiger partial charge in [0.25, 0.3) is 0 Å². The first-order valence-electron chi connectivity index (χ1n) is 15.4. The molecule has 210 valence electrons. The summed E-state index contributed by atoms with van der Waals surface area (Å²) in [6.07, 6.45) is 0. The Morgan fingerprint density at radius 1 is 0.409 bits per heavy atom. The zero-order chi connectivity index (χ0) is 29.7. The molecule has 1 aliphatic rings. The summed E-state index contributed by atoms with van der Waals surface area (Å²) in [7, 11) is 0. The van der Waals surface area contributed by atoms with Crippen LogP contribution >= 0.6 is 0 Å². The fourth-order valence-corrected chi connectivity index (χ4v) is 7.19. The van der Waals surface area contributed by atoms with Gasteiger partial charge in [-0.1, -0.05) is 141 Å². The van der Waals surface area contributed by atoms with E-state index in [1.807, 2.05) is 0 Å². The molecule has 0 saturated heterocycles. The molecule has 7 aromatic rings. The summed E-state index contributed by atoms with van der Waals surface area (Å²) >= 11 is 0. The molecule has 0 unspecified atom stereocenters. The highest BCUT2D eigenvalue weighted by Crippen LogP contribution is 2.55. The zero-order valence-corrected chi connectivity index (χ0v) is 25.0. The van der Waals surface area contributed by atoms with Gasteiger partial charge in [0.15, 0.2) is 0 Å². The van der Waals surface area contributed by atoms with Gasteiger partial charge in [0, 0.05) is 16.7 Å². The van der Waals surface area contributed by atoms with Gasteiger partial charge in [-0.3, -0.25) is 0 Å². The standard InChI is InChI=1S/C43H33N/c1-43(2)39-29-32-19-10-9-18-31(32)28-38(39)37-25-15-27-41(42(37)43)44(33-20-7-4-8-21-33)40-26-14-13-24-36(40)35-23-12-11-22-34(35)30-16-5-3-6-17-30/h3-29H,1-2H3. The van der Waals surface area contributed by atoms with E-state index < -0.39 is 0 Å². The van der Waals surface area contributed by atoms with Gasteiger partial charge >= 0.3 is 0 Å². The van der Waals surface area contributed by atoms with Gasteiger partial charge < -0.3 is 4.90 Å². The van der Waals surface area contributed by atoms with E-state index in [1.54, 1.807) is 0 Å². The lowest BCUT2D eigenvalue weighted by Crippen LogP contribution is -2.21. The fourth-order valence-electron chi connectivity index (χ4n) is 7.19. The lowest BCUT2D eigenvalue weighted by molar-refractivity contribution is 0.661. The van der Waals surface area contributed by atoms with Crippen LogP contribution in [0.15, 0.2) is 164 Å². The van der Waals surface area contributed by atoms with Gasteiger partial charge in [0.2, 0.25) is 0 Å². The van der Waals surface area contributed by atoms with Gasteiger partial charge in [0.05, 0.1) is 11.4 Å². The molecule has 1 heteroatoms. The van der Waals surface area contributed by atoms with Crippen molar-refractivity contribution in [3.63, 3.8) is 0 Å². The Kier molecular flexibility index (Phi) is 6.20. The molecule has 8 rings (SSSR count). The van der Waals surface area contributed by atoms with Gasteiger partial charge in [-0.25, -0.2) is 0 Å². The van der Waals surface area contributed by atoms with Gasteiger partial charge in [-0.15, -0.1) is 0 Å². The van der Waals surface area contributed by atoms with E-state index in [-0.39, 0.29) is 5.41 Å². The van der Waals surface area contributed by atoms with Crippen molar-refractivity contribution in [3.8, 4) is 33.4 Å². The van der Waals surface area contributed by atoms with E-state index in [0.29, 0.717) is 0 Å². The molecule has 0 radical (unpaired) electrons. The maximum Gasteiger partial charge on any atom is 0.0540 e. The van der Waals surface area contributed by atoms with Crippen molar-refractivity contribution in [2.24, 2.45) is 0 Å². The second kappa shape index (κ2) is 10.4. The van der Waals surface area contributed by atoms with Crippen molar-refractivity contribution < 1.29 is 0 Å². The first-order valence-corrected chi connectivity index (χ1v) is 15.4. The molecule has 0 saturated carbocycles. The number of anilines is 3. The van der Waals surface area contributed by atoms with Gasteiger partial charge in [-0.2, -0.15) is 0 Å². The lowest BCUT2D eigenvalue weighted by Gasteiger charge is -2.33. The van der Waals surface area contributed by atoms with E-state index in [1.165, 1.54) is 61.0 Å². The normalized spacial score (nSPS) is 13.0. The first-order chi connectivity index (χ1) is 21.6. The van der Waals surface area contributed by atoms with Crippen molar-refractivity contribution in [2.45, 2.75) is 19.3 Å². The summed E-state index contributed by atoms with van der Waals surface area (Å²) in [5.41, 5.74) is 13.6. The molecule has 0 heterocycles. The quantitative estimate of drug-likeness (QED) is 0.201. The summed E-state index contributed by atoms with van der Waals surface area (Å²) in [6, 6.07) is 59.5. The van der Waals surface area contributed by atoms with E-state index in [9.17, 15) is 0 Å². The summed E-state index contributed by atoms with van der Waals surface area (Å²) in [5.74, 6) is 0. The number of hydrogen-bond acceptors (Lipinski definition) is 1. The van der Waals surface area contributed by atoms with Crippen LogP contribution in [-0.4, -0.2) is 0 Å². The van der Waals surface area contributed by atoms with Crippen LogP contribution in [0.25, 0.3) is 44.2 Å². The first kappa shape index (κ1) is 26.2. The molecule has 1 aliphatic carbocycles. The molecule has 1 nitrogen and oxygen atoms in total. The number of nitrogens with zero attached hydrogens (tertiary/aromatic N) is 1. The molecular weight excluding hydrogens is 530 g/mol. The Bertz CT molecular complexity index is 2140. The highest BCUT2D eigenvalue weighted by atomic mass is 15.1. The van der Waals surface area contributed by atoms with Crippen LogP contribution < -0.4 is 4.90 Å². The van der Waals surface area contributed by atoms with Crippen LogP contribution in [0.2, 0.25) is 0 Å². The largest absolute Gasteiger partial charge is 0.310 e. The van der Waals surface area contributed by atoms with Crippen LogP contribution in [0.5, 0.6) is 0 Å². The Morgan fingerprint density at radius 2 is 0.955 bits per heavy atom. The molecule has 0 spiro atoms. The number of fused-ring (bicyclic) bond motifs is 4. The third-order valence-electron chi connectivity index (χ3n) is 9.22. The molecule has 0 bridgehead atoms. The fraction of sp³-hybridized carbons (Fsp3) is 0.0698. The molecule has 0 aromatic heterocycles. The average Bonchev–Trinajstić information content (AvgIpc) is 3.31. The van der Waals surface area contributed by atoms with Gasteiger partial charge in [0.1, 0.15) is 0 Å². The number of rotatable bonds is 5. The van der Waals surface area contributed by atoms with Crippen molar-refractivity contribution in [3.05, 3.63) is 175 Å². The van der Waals surface area contributed by atoms with Crippen LogP contribution in [-0.2, 0) is 5.41 Å². The van der Waals surface area contributed by atoms with Crippen molar-refractivity contribution >= 4 is 27.8 Å². The van der Waals surface area contributed by atoms with E-state index in [4.69, 9.17) is 0 Å². The summed E-state index contributed by atoms with van der Waals surface area (Å²) in [6.45, 7) is 4.77. The highest BCUT2D eigenvalue weighted by molar-refractivity contribution is 5.99. The molecule has 0 atom stereocenters. The minimum atomic E-state index is -0.185. The molecule has 0 aliphatic heterocycles. The van der Waals surface area contributed by atoms with Crippen LogP contribution in [0.3, 0.4) is 0 Å². The number of hydrogen-bond donors (Lipinski definition) is 0. The minimum absolute atomic E-state index is 0.185. The molecule has 7 aromatic carbocycles. The van der Waals surface area contributed by atoms with Crippen molar-refractivity contribution in [1.82, 2.24) is 0 Å². The average molecular weight is 564 g/mol. The second-order valence-electron chi connectivity index (χ2n) is 12.2. The monoisotopic (exact) mass is 563 g/mol. The van der Waals surface area contributed by atoms with Crippen molar-refractivity contribution in [2.75, 3.05) is 4.90 Å². The van der Waals surface area contributed by atoms with E-state index in [0.717, 1.165) is 11.4 Å². The lowest BCUT2D eigenvalue weighted by atomic mass is 9.80. The summed E-state index contributed by atoms with van der Waals surface area (Å²) in [4.78, 5) is 2.48. The molecule has 0 amide bonds. The number of para-hydroxylation sites is 2. The van der Waals surface area contributed by atoms with E-state index >= 15 is 0 Å². The minimum Gasteiger partial charge on any atom is -0.310 e. The maximum absolute atomic E-state index is 2.48. The summed E-state index contributed by atoms with van der Waals surface area (Å²) in [5, 5.41) is 2.57. The molecule has 44 heavy (non-hydrogen) atoms. The number of benzene rings is 7. The Labute approximate surface area is 259 Å². The predicted octanol–water partition coefficient (Wildman–Crippen LogP) is 11.9. The second-order valence-corrected chi connectivity index (χ2v) is 12.2. The Hall–Kier alpha value is -5.40.